The number of phenolic OH excluding ortho intramolecular Hbond substituents is 1. The lowest BCUT2D eigenvalue weighted by Crippen LogP contribution is -2.30. The van der Waals surface area contributed by atoms with Gasteiger partial charge in [0.2, 0.25) is 0 Å². The molecule has 3 N–H and O–H groups in total. The molecule has 1 aromatic carbocycles. The van der Waals surface area contributed by atoms with Gasteiger partial charge >= 0.3 is 6.03 Å². The van der Waals surface area contributed by atoms with E-state index in [2.05, 4.69) is 15.6 Å². The third-order valence-corrected chi connectivity index (χ3v) is 2.54. The summed E-state index contributed by atoms with van der Waals surface area (Å²) in [6.07, 6.45) is 2.32. The number of hydrogen-bond donors (Lipinski definition) is 3. The number of nitrogens with one attached hydrogen (secondary N) is 2. The molecule has 2 aromatic rings. The van der Waals surface area contributed by atoms with E-state index in [1.807, 2.05) is 12.1 Å². The van der Waals surface area contributed by atoms with Crippen LogP contribution in [0.4, 0.5) is 10.6 Å². The SMILES string of the molecule is O=C(NCCc1ccc(O)cc1)Nc1ccccn1. The van der Waals surface area contributed by atoms with E-state index >= 15 is 0 Å². The van der Waals surface area contributed by atoms with Crippen LogP contribution in [-0.2, 0) is 6.42 Å². The Balaban J connectivity index is 1.74. The summed E-state index contributed by atoms with van der Waals surface area (Å²) in [6.45, 7) is 0.517. The van der Waals surface area contributed by atoms with E-state index in [1.165, 1.54) is 0 Å². The second-order valence-corrected chi connectivity index (χ2v) is 4.01. The molecule has 1 aromatic heterocycles. The Morgan fingerprint density at radius 1 is 1.16 bits per heavy atom. The summed E-state index contributed by atoms with van der Waals surface area (Å²) in [5.74, 6) is 0.759. The lowest BCUT2D eigenvalue weighted by atomic mass is 10.1. The molecule has 0 fully saturated rings. The average molecular weight is 257 g/mol. The number of rotatable bonds is 4. The summed E-state index contributed by atoms with van der Waals surface area (Å²) in [6, 6.07) is 11.9. The van der Waals surface area contributed by atoms with Crippen molar-refractivity contribution in [2.75, 3.05) is 11.9 Å². The summed E-state index contributed by atoms with van der Waals surface area (Å²) in [5, 5.41) is 14.5. The maximum Gasteiger partial charge on any atom is 0.320 e. The summed E-state index contributed by atoms with van der Waals surface area (Å²) in [7, 11) is 0. The molecule has 0 aliphatic heterocycles. The second kappa shape index (κ2) is 6.39. The molecule has 0 atom stereocenters. The highest BCUT2D eigenvalue weighted by atomic mass is 16.3. The molecule has 0 spiro atoms. The first kappa shape index (κ1) is 12.9. The fourth-order valence-corrected chi connectivity index (χ4v) is 1.58. The monoisotopic (exact) mass is 257 g/mol. The van der Waals surface area contributed by atoms with Gasteiger partial charge < -0.3 is 10.4 Å². The molecule has 0 radical (unpaired) electrons. The zero-order valence-corrected chi connectivity index (χ0v) is 10.3. The molecule has 2 amide bonds. The van der Waals surface area contributed by atoms with Gasteiger partial charge in [-0.15, -0.1) is 0 Å². The Bertz CT molecular complexity index is 526. The molecule has 98 valence electrons. The Kier molecular flexibility index (Phi) is 4.34. The van der Waals surface area contributed by atoms with Crippen molar-refractivity contribution < 1.29 is 9.90 Å². The van der Waals surface area contributed by atoms with E-state index in [0.29, 0.717) is 18.8 Å². The van der Waals surface area contributed by atoms with Crippen LogP contribution < -0.4 is 10.6 Å². The molecule has 1 heterocycles. The first-order chi connectivity index (χ1) is 9.24. The maximum atomic E-state index is 11.6. The lowest BCUT2D eigenvalue weighted by molar-refractivity contribution is 0.252. The molecule has 2 rings (SSSR count). The van der Waals surface area contributed by atoms with E-state index in [4.69, 9.17) is 5.11 Å². The number of aromatic nitrogens is 1. The molecule has 0 aliphatic carbocycles. The van der Waals surface area contributed by atoms with Gasteiger partial charge in [-0.2, -0.15) is 0 Å². The number of hydrogen-bond acceptors (Lipinski definition) is 3. The number of phenols is 1. The van der Waals surface area contributed by atoms with Crippen LogP contribution in [0.3, 0.4) is 0 Å². The molecule has 0 unspecified atom stereocenters. The quantitative estimate of drug-likeness (QED) is 0.785. The first-order valence-electron chi connectivity index (χ1n) is 5.98. The normalized spacial score (nSPS) is 9.89. The summed E-state index contributed by atoms with van der Waals surface area (Å²) >= 11 is 0. The molecule has 0 aliphatic rings. The predicted octanol–water partition coefficient (Wildman–Crippen LogP) is 2.15. The second-order valence-electron chi connectivity index (χ2n) is 4.01. The van der Waals surface area contributed by atoms with Crippen LogP contribution in [-0.4, -0.2) is 22.7 Å². The molecule has 19 heavy (non-hydrogen) atoms. The van der Waals surface area contributed by atoms with Gasteiger partial charge in [-0.05, 0) is 36.2 Å². The van der Waals surface area contributed by atoms with Crippen molar-refractivity contribution in [3.05, 3.63) is 54.2 Å². The van der Waals surface area contributed by atoms with E-state index in [9.17, 15) is 4.79 Å². The Hall–Kier alpha value is -2.56. The number of carbonyl (C=O) groups excluding carboxylic acids is 1. The Morgan fingerprint density at radius 2 is 1.95 bits per heavy atom. The van der Waals surface area contributed by atoms with Crippen molar-refractivity contribution in [2.45, 2.75) is 6.42 Å². The van der Waals surface area contributed by atoms with Crippen molar-refractivity contribution >= 4 is 11.8 Å². The number of nitrogens with zero attached hydrogens (tertiary/aromatic N) is 1. The van der Waals surface area contributed by atoms with Crippen molar-refractivity contribution in [1.82, 2.24) is 10.3 Å². The third kappa shape index (κ3) is 4.31. The fraction of sp³-hybridized carbons (Fsp3) is 0.143. The van der Waals surface area contributed by atoms with E-state index in [-0.39, 0.29) is 11.8 Å². The molecular weight excluding hydrogens is 242 g/mol. The van der Waals surface area contributed by atoms with Gasteiger partial charge in [0.05, 0.1) is 0 Å². The van der Waals surface area contributed by atoms with Crippen molar-refractivity contribution in [3.8, 4) is 5.75 Å². The van der Waals surface area contributed by atoms with Crippen molar-refractivity contribution in [3.63, 3.8) is 0 Å². The van der Waals surface area contributed by atoms with Gasteiger partial charge in [0.1, 0.15) is 11.6 Å². The number of benzene rings is 1. The fourth-order valence-electron chi connectivity index (χ4n) is 1.58. The highest BCUT2D eigenvalue weighted by Crippen LogP contribution is 2.09. The maximum absolute atomic E-state index is 11.6. The zero-order valence-electron chi connectivity index (χ0n) is 10.3. The van der Waals surface area contributed by atoms with Crippen molar-refractivity contribution in [2.24, 2.45) is 0 Å². The van der Waals surface area contributed by atoms with Crippen LogP contribution in [0.15, 0.2) is 48.7 Å². The van der Waals surface area contributed by atoms with Crippen LogP contribution in [0, 0.1) is 0 Å². The number of urea groups is 1. The highest BCUT2D eigenvalue weighted by Gasteiger charge is 2.01. The minimum atomic E-state index is -0.280. The predicted molar refractivity (Wildman–Crippen MR) is 73.1 cm³/mol. The van der Waals surface area contributed by atoms with E-state index < -0.39 is 0 Å². The van der Waals surface area contributed by atoms with E-state index in [0.717, 1.165) is 5.56 Å². The van der Waals surface area contributed by atoms with E-state index in [1.54, 1.807) is 36.5 Å². The molecule has 5 heteroatoms. The summed E-state index contributed by atoms with van der Waals surface area (Å²) in [4.78, 5) is 15.5. The van der Waals surface area contributed by atoms with Gasteiger partial charge in [-0.25, -0.2) is 9.78 Å². The minimum Gasteiger partial charge on any atom is -0.508 e. The summed E-state index contributed by atoms with van der Waals surface area (Å²) < 4.78 is 0. The smallest absolute Gasteiger partial charge is 0.320 e. The molecule has 0 saturated carbocycles. The minimum absolute atomic E-state index is 0.240. The van der Waals surface area contributed by atoms with Gasteiger partial charge in [0, 0.05) is 12.7 Å². The molecule has 0 saturated heterocycles. The van der Waals surface area contributed by atoms with Gasteiger partial charge in [0.15, 0.2) is 0 Å². The third-order valence-electron chi connectivity index (χ3n) is 2.54. The topological polar surface area (TPSA) is 74.2 Å². The van der Waals surface area contributed by atoms with Gasteiger partial charge in [-0.3, -0.25) is 5.32 Å². The average Bonchev–Trinajstić information content (AvgIpc) is 2.42. The largest absolute Gasteiger partial charge is 0.508 e. The lowest BCUT2D eigenvalue weighted by Gasteiger charge is -2.06. The van der Waals surface area contributed by atoms with Gasteiger partial charge in [0.25, 0.3) is 0 Å². The summed E-state index contributed by atoms with van der Waals surface area (Å²) in [5.41, 5.74) is 1.05. The number of pyridine rings is 1. The zero-order chi connectivity index (χ0) is 13.5. The van der Waals surface area contributed by atoms with Crippen molar-refractivity contribution in [1.29, 1.82) is 0 Å². The van der Waals surface area contributed by atoms with Gasteiger partial charge in [-0.1, -0.05) is 18.2 Å². The van der Waals surface area contributed by atoms with Crippen LogP contribution >= 0.6 is 0 Å². The van der Waals surface area contributed by atoms with Crippen LogP contribution in [0.5, 0.6) is 5.75 Å². The number of carbonyl (C=O) groups is 1. The first-order valence-corrected chi connectivity index (χ1v) is 5.98. The van der Waals surface area contributed by atoms with Crippen LogP contribution in [0.25, 0.3) is 0 Å². The standard InChI is InChI=1S/C14H15N3O2/c18-12-6-4-11(5-7-12)8-10-16-14(19)17-13-3-1-2-9-15-13/h1-7,9,18H,8,10H2,(H2,15,16,17,19). The molecular formula is C14H15N3O2. The molecule has 5 nitrogen and oxygen atoms in total. The highest BCUT2D eigenvalue weighted by molar-refractivity contribution is 5.88. The number of aromatic hydroxyl groups is 1. The van der Waals surface area contributed by atoms with Crippen LogP contribution in [0.1, 0.15) is 5.56 Å². The number of amides is 2. The van der Waals surface area contributed by atoms with Crippen LogP contribution in [0.2, 0.25) is 0 Å². The Labute approximate surface area is 111 Å². The number of anilines is 1. The Morgan fingerprint density at radius 3 is 2.63 bits per heavy atom. The molecule has 0 bridgehead atoms.